The molecule has 5 nitrogen and oxygen atoms in total. The van der Waals surface area contributed by atoms with E-state index in [9.17, 15) is 4.79 Å². The molecule has 0 aromatic carbocycles. The van der Waals surface area contributed by atoms with Crippen LogP contribution in [0.1, 0.15) is 43.5 Å². The lowest BCUT2D eigenvalue weighted by molar-refractivity contribution is 0.0602. The first-order chi connectivity index (χ1) is 9.04. The van der Waals surface area contributed by atoms with Crippen LogP contribution in [-0.4, -0.2) is 24.6 Å². The Morgan fingerprint density at radius 2 is 2.21 bits per heavy atom. The number of anilines is 2. The predicted octanol–water partition coefficient (Wildman–Crippen LogP) is 2.69. The van der Waals surface area contributed by atoms with Crippen molar-refractivity contribution >= 4 is 17.5 Å². The highest BCUT2D eigenvalue weighted by Gasteiger charge is 2.11. The molecular weight excluding hydrogens is 242 g/mol. The molecule has 0 aliphatic heterocycles. The van der Waals surface area contributed by atoms with Gasteiger partial charge in [-0.3, -0.25) is 0 Å². The molecule has 0 saturated carbocycles. The zero-order chi connectivity index (χ0) is 14.3. The Bertz CT molecular complexity index is 419. The number of nitrogens with two attached hydrogens (primary N) is 1. The minimum Gasteiger partial charge on any atom is -0.465 e. The normalized spacial score (nSPS) is 10.5. The van der Waals surface area contributed by atoms with Gasteiger partial charge in [0.25, 0.3) is 0 Å². The number of hydrogen-bond acceptors (Lipinski definition) is 5. The average molecular weight is 265 g/mol. The van der Waals surface area contributed by atoms with Crippen LogP contribution in [-0.2, 0) is 4.74 Å². The molecule has 1 heterocycles. The van der Waals surface area contributed by atoms with Gasteiger partial charge in [-0.2, -0.15) is 0 Å². The Balaban J connectivity index is 2.48. The summed E-state index contributed by atoms with van der Waals surface area (Å²) in [5.74, 6) is 0.947. The number of methoxy groups -OCH3 is 1. The number of nitrogens with zero attached hydrogens (tertiary/aromatic N) is 1. The van der Waals surface area contributed by atoms with E-state index in [1.165, 1.54) is 26.1 Å². The van der Waals surface area contributed by atoms with E-state index in [1.54, 1.807) is 6.07 Å². The van der Waals surface area contributed by atoms with Gasteiger partial charge >= 0.3 is 5.97 Å². The number of pyridine rings is 1. The van der Waals surface area contributed by atoms with Gasteiger partial charge in [-0.15, -0.1) is 0 Å². The van der Waals surface area contributed by atoms with Crippen molar-refractivity contribution in [2.24, 2.45) is 5.92 Å². The quantitative estimate of drug-likeness (QED) is 0.585. The summed E-state index contributed by atoms with van der Waals surface area (Å²) >= 11 is 0. The number of carbonyl (C=O) groups excluding carboxylic acids is 1. The highest BCUT2D eigenvalue weighted by molar-refractivity contribution is 5.95. The molecule has 0 atom stereocenters. The molecule has 0 aliphatic rings. The zero-order valence-corrected chi connectivity index (χ0v) is 11.9. The second-order valence-corrected chi connectivity index (χ2v) is 4.96. The Morgan fingerprint density at radius 3 is 2.84 bits per heavy atom. The molecule has 0 aliphatic carbocycles. The molecule has 19 heavy (non-hydrogen) atoms. The fourth-order valence-corrected chi connectivity index (χ4v) is 1.74. The van der Waals surface area contributed by atoms with Crippen molar-refractivity contribution in [3.8, 4) is 0 Å². The summed E-state index contributed by atoms with van der Waals surface area (Å²) in [5.41, 5.74) is 6.36. The summed E-state index contributed by atoms with van der Waals surface area (Å²) in [6.45, 7) is 5.28. The van der Waals surface area contributed by atoms with Gasteiger partial charge in [0, 0.05) is 6.54 Å². The Hall–Kier alpha value is -1.78. The smallest absolute Gasteiger partial charge is 0.340 e. The molecule has 0 radical (unpaired) electrons. The van der Waals surface area contributed by atoms with Crippen LogP contribution >= 0.6 is 0 Å². The first-order valence-corrected chi connectivity index (χ1v) is 6.62. The molecule has 1 aromatic heterocycles. The van der Waals surface area contributed by atoms with Gasteiger partial charge in [-0.05, 0) is 18.4 Å². The highest BCUT2D eigenvalue weighted by atomic mass is 16.5. The van der Waals surface area contributed by atoms with Crippen LogP contribution in [0.15, 0.2) is 12.3 Å². The van der Waals surface area contributed by atoms with Crippen molar-refractivity contribution in [1.29, 1.82) is 0 Å². The van der Waals surface area contributed by atoms with E-state index in [4.69, 9.17) is 5.73 Å². The lowest BCUT2D eigenvalue weighted by Gasteiger charge is -2.09. The summed E-state index contributed by atoms with van der Waals surface area (Å²) < 4.78 is 4.67. The standard InChI is InChI=1S/C14H23N3O2/c1-10(2)6-4-5-7-16-13-8-11(14(18)19-3)12(15)9-17-13/h8-10H,4-7,15H2,1-3H3,(H,16,17). The monoisotopic (exact) mass is 265 g/mol. The van der Waals surface area contributed by atoms with Crippen LogP contribution in [0.4, 0.5) is 11.5 Å². The van der Waals surface area contributed by atoms with Crippen molar-refractivity contribution < 1.29 is 9.53 Å². The molecule has 0 amide bonds. The van der Waals surface area contributed by atoms with Gasteiger partial charge < -0.3 is 15.8 Å². The number of ether oxygens (including phenoxy) is 1. The highest BCUT2D eigenvalue weighted by Crippen LogP contribution is 2.16. The molecule has 0 unspecified atom stereocenters. The molecule has 0 saturated heterocycles. The molecule has 0 bridgehead atoms. The Labute approximate surface area is 114 Å². The van der Waals surface area contributed by atoms with E-state index in [0.29, 0.717) is 17.1 Å². The van der Waals surface area contributed by atoms with E-state index in [1.807, 2.05) is 0 Å². The molecule has 0 fully saturated rings. The van der Waals surface area contributed by atoms with Crippen LogP contribution in [0.25, 0.3) is 0 Å². The topological polar surface area (TPSA) is 77.2 Å². The summed E-state index contributed by atoms with van der Waals surface area (Å²) in [6, 6.07) is 1.63. The summed E-state index contributed by atoms with van der Waals surface area (Å²) in [6.07, 6.45) is 4.97. The number of esters is 1. The van der Waals surface area contributed by atoms with Crippen molar-refractivity contribution in [3.63, 3.8) is 0 Å². The maximum absolute atomic E-state index is 11.5. The van der Waals surface area contributed by atoms with Crippen molar-refractivity contribution in [1.82, 2.24) is 4.98 Å². The molecule has 1 rings (SSSR count). The van der Waals surface area contributed by atoms with Crippen molar-refractivity contribution in [2.75, 3.05) is 24.7 Å². The second kappa shape index (κ2) is 7.61. The molecular formula is C14H23N3O2. The van der Waals surface area contributed by atoms with Crippen LogP contribution in [0, 0.1) is 5.92 Å². The maximum atomic E-state index is 11.5. The first-order valence-electron chi connectivity index (χ1n) is 6.62. The molecule has 5 heteroatoms. The third-order valence-corrected chi connectivity index (χ3v) is 2.85. The van der Waals surface area contributed by atoms with Gasteiger partial charge in [0.15, 0.2) is 0 Å². The third-order valence-electron chi connectivity index (χ3n) is 2.85. The minimum atomic E-state index is -0.442. The number of unbranched alkanes of at least 4 members (excludes halogenated alkanes) is 1. The van der Waals surface area contributed by atoms with Crippen molar-refractivity contribution in [2.45, 2.75) is 33.1 Å². The lowest BCUT2D eigenvalue weighted by Crippen LogP contribution is -2.09. The average Bonchev–Trinajstić information content (AvgIpc) is 2.39. The van der Waals surface area contributed by atoms with Crippen LogP contribution in [0.3, 0.4) is 0 Å². The fraction of sp³-hybridized carbons (Fsp3) is 0.571. The van der Waals surface area contributed by atoms with E-state index in [-0.39, 0.29) is 0 Å². The van der Waals surface area contributed by atoms with Gasteiger partial charge in [0.05, 0.1) is 24.6 Å². The number of hydrogen-bond donors (Lipinski definition) is 2. The molecule has 0 spiro atoms. The third kappa shape index (κ3) is 5.16. The van der Waals surface area contributed by atoms with Crippen LogP contribution < -0.4 is 11.1 Å². The van der Waals surface area contributed by atoms with E-state index in [2.05, 4.69) is 28.9 Å². The summed E-state index contributed by atoms with van der Waals surface area (Å²) in [7, 11) is 1.33. The molecule has 106 valence electrons. The Kier molecular flexibility index (Phi) is 6.12. The van der Waals surface area contributed by atoms with Gasteiger partial charge in [-0.1, -0.05) is 26.7 Å². The van der Waals surface area contributed by atoms with Crippen LogP contribution in [0.2, 0.25) is 0 Å². The zero-order valence-electron chi connectivity index (χ0n) is 11.9. The van der Waals surface area contributed by atoms with E-state index < -0.39 is 5.97 Å². The SMILES string of the molecule is COC(=O)c1cc(NCCCCC(C)C)ncc1N. The maximum Gasteiger partial charge on any atom is 0.340 e. The van der Waals surface area contributed by atoms with E-state index >= 15 is 0 Å². The predicted molar refractivity (Wildman–Crippen MR) is 77.2 cm³/mol. The van der Waals surface area contributed by atoms with Crippen LogP contribution in [0.5, 0.6) is 0 Å². The number of rotatable bonds is 7. The number of aromatic nitrogens is 1. The van der Waals surface area contributed by atoms with Gasteiger partial charge in [0.2, 0.25) is 0 Å². The second-order valence-electron chi connectivity index (χ2n) is 4.96. The first kappa shape index (κ1) is 15.3. The molecule has 3 N–H and O–H groups in total. The molecule has 1 aromatic rings. The Morgan fingerprint density at radius 1 is 1.47 bits per heavy atom. The fourth-order valence-electron chi connectivity index (χ4n) is 1.74. The lowest BCUT2D eigenvalue weighted by atomic mass is 10.1. The number of nitrogen functional groups attached to an aromatic ring is 1. The number of carbonyl (C=O) groups is 1. The summed E-state index contributed by atoms with van der Waals surface area (Å²) in [5, 5.41) is 3.19. The van der Waals surface area contributed by atoms with Gasteiger partial charge in [0.1, 0.15) is 5.82 Å². The number of nitrogens with one attached hydrogen (secondary N) is 1. The van der Waals surface area contributed by atoms with Gasteiger partial charge in [-0.25, -0.2) is 9.78 Å². The largest absolute Gasteiger partial charge is 0.465 e. The van der Waals surface area contributed by atoms with E-state index in [0.717, 1.165) is 18.9 Å². The summed E-state index contributed by atoms with van der Waals surface area (Å²) in [4.78, 5) is 15.6. The van der Waals surface area contributed by atoms with Crippen molar-refractivity contribution in [3.05, 3.63) is 17.8 Å². The minimum absolute atomic E-state index is 0.331.